The molecule has 2 aliphatic carbocycles. The van der Waals surface area contributed by atoms with Crippen molar-refractivity contribution in [1.29, 1.82) is 0 Å². The predicted molar refractivity (Wildman–Crippen MR) is 75.4 cm³/mol. The molecule has 1 saturated carbocycles. The van der Waals surface area contributed by atoms with Gasteiger partial charge in [-0.05, 0) is 44.9 Å². The Labute approximate surface area is 107 Å². The number of allylic oxidation sites excluding steroid dienone is 3. The topological polar surface area (TPSA) is 0 Å². The Morgan fingerprint density at radius 1 is 1.53 bits per heavy atom. The van der Waals surface area contributed by atoms with Gasteiger partial charge in [-0.3, -0.25) is 0 Å². The van der Waals surface area contributed by atoms with Gasteiger partial charge in [-0.25, -0.2) is 0 Å². The van der Waals surface area contributed by atoms with Crippen LogP contribution in [-0.4, -0.2) is 3.92 Å². The maximum atomic E-state index is 4.15. The first-order valence-electron chi connectivity index (χ1n) is 6.03. The molecule has 0 aliphatic heterocycles. The summed E-state index contributed by atoms with van der Waals surface area (Å²) in [5.74, 6) is 0.766. The van der Waals surface area contributed by atoms with Crippen molar-refractivity contribution in [1.82, 2.24) is 0 Å². The average Bonchev–Trinajstić information content (AvgIpc) is 2.19. The molecule has 0 heterocycles. The average molecular weight is 316 g/mol. The zero-order valence-electron chi connectivity index (χ0n) is 9.85. The van der Waals surface area contributed by atoms with E-state index in [1.807, 2.05) is 0 Å². The molecule has 84 valence electrons. The van der Waals surface area contributed by atoms with Gasteiger partial charge in [-0.2, -0.15) is 0 Å². The smallest absolute Gasteiger partial charge is 0.0204 e. The molecule has 2 rings (SSSR count). The fourth-order valence-corrected chi connectivity index (χ4v) is 4.18. The van der Waals surface area contributed by atoms with Gasteiger partial charge in [-0.1, -0.05) is 53.3 Å². The van der Waals surface area contributed by atoms with Crippen molar-refractivity contribution in [2.75, 3.05) is 0 Å². The van der Waals surface area contributed by atoms with Crippen LogP contribution in [-0.2, 0) is 0 Å². The van der Waals surface area contributed by atoms with Crippen molar-refractivity contribution in [2.45, 2.75) is 49.9 Å². The number of fused-ring (bicyclic) bond motifs is 1. The third-order valence-corrected chi connectivity index (χ3v) is 6.36. The lowest BCUT2D eigenvalue weighted by atomic mass is 9.62. The Kier molecular flexibility index (Phi) is 3.30. The van der Waals surface area contributed by atoms with Crippen LogP contribution in [0.25, 0.3) is 0 Å². The minimum Gasteiger partial charge on any atom is -0.0999 e. The van der Waals surface area contributed by atoms with Gasteiger partial charge >= 0.3 is 0 Å². The number of hydrogen-bond acceptors (Lipinski definition) is 0. The molecule has 2 aliphatic rings. The first-order valence-corrected chi connectivity index (χ1v) is 7.27. The molecule has 0 saturated heterocycles. The Balaban J connectivity index is 2.24. The summed E-state index contributed by atoms with van der Waals surface area (Å²) in [6.07, 6.45) is 9.17. The zero-order valence-corrected chi connectivity index (χ0v) is 12.0. The number of rotatable bonds is 1. The molecule has 1 heteroatoms. The molecule has 15 heavy (non-hydrogen) atoms. The molecule has 0 bridgehead atoms. The largest absolute Gasteiger partial charge is 0.0999 e. The van der Waals surface area contributed by atoms with Gasteiger partial charge < -0.3 is 0 Å². The zero-order chi connectivity index (χ0) is 11.1. The van der Waals surface area contributed by atoms with E-state index in [2.05, 4.69) is 49.1 Å². The maximum absolute atomic E-state index is 4.15. The Bertz CT molecular complexity index is 302. The molecule has 0 amide bonds. The number of hydrogen-bond donors (Lipinski definition) is 0. The molecule has 0 aromatic carbocycles. The van der Waals surface area contributed by atoms with Gasteiger partial charge in [0.15, 0.2) is 0 Å². The summed E-state index contributed by atoms with van der Waals surface area (Å²) in [6.45, 7) is 8.83. The molecule has 0 aromatic rings. The van der Waals surface area contributed by atoms with E-state index >= 15 is 0 Å². The summed E-state index contributed by atoms with van der Waals surface area (Å²) in [7, 11) is 0. The number of alkyl halides is 1. The fraction of sp³-hybridized carbons (Fsp3) is 0.714. The van der Waals surface area contributed by atoms with Crippen LogP contribution in [0.5, 0.6) is 0 Å². The quantitative estimate of drug-likeness (QED) is 0.367. The summed E-state index contributed by atoms with van der Waals surface area (Å²) >= 11 is 2.67. The molecule has 0 aromatic heterocycles. The summed E-state index contributed by atoms with van der Waals surface area (Å²) in [5.41, 5.74) is 3.61. The molecule has 0 nitrogen and oxygen atoms in total. The fourth-order valence-electron chi connectivity index (χ4n) is 3.17. The van der Waals surface area contributed by atoms with E-state index in [0.717, 1.165) is 9.84 Å². The highest BCUT2D eigenvalue weighted by atomic mass is 127. The second kappa shape index (κ2) is 4.23. The van der Waals surface area contributed by atoms with E-state index in [1.165, 1.54) is 37.7 Å². The van der Waals surface area contributed by atoms with E-state index < -0.39 is 0 Å². The Morgan fingerprint density at radius 2 is 2.27 bits per heavy atom. The lowest BCUT2D eigenvalue weighted by Crippen LogP contribution is -2.38. The molecule has 0 spiro atoms. The van der Waals surface area contributed by atoms with Crippen molar-refractivity contribution in [3.8, 4) is 0 Å². The van der Waals surface area contributed by atoms with Gasteiger partial charge in [0.1, 0.15) is 0 Å². The Hall–Kier alpha value is 0.210. The van der Waals surface area contributed by atoms with Crippen LogP contribution < -0.4 is 0 Å². The van der Waals surface area contributed by atoms with Gasteiger partial charge in [0.25, 0.3) is 0 Å². The van der Waals surface area contributed by atoms with Crippen molar-refractivity contribution < 1.29 is 0 Å². The van der Waals surface area contributed by atoms with Crippen molar-refractivity contribution in [3.05, 3.63) is 23.8 Å². The highest BCUT2D eigenvalue weighted by Gasteiger charge is 2.42. The summed E-state index contributed by atoms with van der Waals surface area (Å²) in [6, 6.07) is 0. The predicted octanol–water partition coefficient (Wildman–Crippen LogP) is 4.89. The molecular weight excluding hydrogens is 295 g/mol. The Morgan fingerprint density at radius 3 is 2.93 bits per heavy atom. The highest BCUT2D eigenvalue weighted by molar-refractivity contribution is 14.1. The second-order valence-corrected chi connectivity index (χ2v) is 6.98. The third kappa shape index (κ3) is 2.04. The standard InChI is InChI=1S/C14H21I/c1-10(2)11-7-8-12-5-4-6-13(15)14(12,3)9-11/h5,11,13H,1,4,6-9H2,2-3H3/t11-,13-,14-/m1/s1. The molecule has 0 radical (unpaired) electrons. The molecule has 3 atom stereocenters. The van der Waals surface area contributed by atoms with Crippen LogP contribution in [0.4, 0.5) is 0 Å². The lowest BCUT2D eigenvalue weighted by molar-refractivity contribution is 0.237. The van der Waals surface area contributed by atoms with Crippen molar-refractivity contribution in [3.63, 3.8) is 0 Å². The first kappa shape index (κ1) is 11.7. The van der Waals surface area contributed by atoms with Crippen LogP contribution in [0.15, 0.2) is 23.8 Å². The molecule has 1 fully saturated rings. The first-order chi connectivity index (χ1) is 7.04. The summed E-state index contributed by atoms with van der Waals surface area (Å²) < 4.78 is 0.831. The minimum absolute atomic E-state index is 0.473. The minimum atomic E-state index is 0.473. The van der Waals surface area contributed by atoms with Crippen LogP contribution in [0.3, 0.4) is 0 Å². The van der Waals surface area contributed by atoms with Crippen LogP contribution in [0.2, 0.25) is 0 Å². The van der Waals surface area contributed by atoms with Crippen LogP contribution in [0, 0.1) is 11.3 Å². The monoisotopic (exact) mass is 316 g/mol. The molecule has 0 N–H and O–H groups in total. The van der Waals surface area contributed by atoms with Crippen LogP contribution in [0.1, 0.15) is 46.0 Å². The van der Waals surface area contributed by atoms with E-state index in [-0.39, 0.29) is 0 Å². The SMILES string of the molecule is C=C(C)[C@@H]1CCC2=CCC[C@@H](I)[C@]2(C)C1. The molecular formula is C14H21I. The maximum Gasteiger partial charge on any atom is 0.0204 e. The van der Waals surface area contributed by atoms with E-state index in [9.17, 15) is 0 Å². The third-order valence-electron chi connectivity index (χ3n) is 4.37. The van der Waals surface area contributed by atoms with Crippen LogP contribution >= 0.6 is 22.6 Å². The van der Waals surface area contributed by atoms with Crippen molar-refractivity contribution in [2.24, 2.45) is 11.3 Å². The second-order valence-electron chi connectivity index (χ2n) is 5.48. The van der Waals surface area contributed by atoms with E-state index in [1.54, 1.807) is 5.57 Å². The van der Waals surface area contributed by atoms with E-state index in [0.29, 0.717) is 5.41 Å². The number of halogens is 1. The van der Waals surface area contributed by atoms with Gasteiger partial charge in [0.05, 0.1) is 0 Å². The van der Waals surface area contributed by atoms with E-state index in [4.69, 9.17) is 0 Å². The van der Waals surface area contributed by atoms with Gasteiger partial charge in [0, 0.05) is 9.34 Å². The summed E-state index contributed by atoms with van der Waals surface area (Å²) in [4.78, 5) is 0. The van der Waals surface area contributed by atoms with Gasteiger partial charge in [0.2, 0.25) is 0 Å². The lowest BCUT2D eigenvalue weighted by Gasteiger charge is -2.46. The molecule has 0 unspecified atom stereocenters. The highest BCUT2D eigenvalue weighted by Crippen LogP contribution is 2.52. The normalized spacial score (nSPS) is 40.6. The van der Waals surface area contributed by atoms with Gasteiger partial charge in [-0.15, -0.1) is 0 Å². The van der Waals surface area contributed by atoms with Crippen molar-refractivity contribution >= 4 is 22.6 Å². The summed E-state index contributed by atoms with van der Waals surface area (Å²) in [5, 5.41) is 0.